The van der Waals surface area contributed by atoms with Crippen molar-refractivity contribution in [3.63, 3.8) is 0 Å². The van der Waals surface area contributed by atoms with Crippen molar-refractivity contribution in [1.82, 2.24) is 9.97 Å². The largest absolute Gasteiger partial charge is 0.394 e. The van der Waals surface area contributed by atoms with Crippen molar-refractivity contribution < 1.29 is 5.11 Å². The van der Waals surface area contributed by atoms with Crippen LogP contribution in [0.5, 0.6) is 0 Å². The second kappa shape index (κ2) is 5.05. The maximum absolute atomic E-state index is 9.45. The fourth-order valence-electron chi connectivity index (χ4n) is 1.54. The van der Waals surface area contributed by atoms with Crippen molar-refractivity contribution in [2.24, 2.45) is 5.84 Å². The van der Waals surface area contributed by atoms with Gasteiger partial charge in [-0.1, -0.05) is 6.92 Å². The minimum atomic E-state index is -0.408. The lowest BCUT2D eigenvalue weighted by Gasteiger charge is -2.28. The van der Waals surface area contributed by atoms with Crippen LogP contribution in [-0.2, 0) is 0 Å². The number of nitrogens with one attached hydrogen (secondary N) is 2. The third-order valence-corrected chi connectivity index (χ3v) is 3.81. The molecular formula is C11H17N5OS. The molecule has 0 fully saturated rings. The van der Waals surface area contributed by atoms with Crippen molar-refractivity contribution in [3.8, 4) is 0 Å². The van der Waals surface area contributed by atoms with Gasteiger partial charge in [0, 0.05) is 0 Å². The molecule has 0 amide bonds. The summed E-state index contributed by atoms with van der Waals surface area (Å²) >= 11 is 1.52. The Hall–Kier alpha value is -1.44. The molecule has 0 saturated heterocycles. The van der Waals surface area contributed by atoms with Gasteiger partial charge in [0.15, 0.2) is 0 Å². The van der Waals surface area contributed by atoms with Gasteiger partial charge in [-0.15, -0.1) is 11.3 Å². The van der Waals surface area contributed by atoms with E-state index in [1.807, 2.05) is 25.3 Å². The van der Waals surface area contributed by atoms with E-state index in [9.17, 15) is 5.11 Å². The van der Waals surface area contributed by atoms with Crippen LogP contribution in [0.3, 0.4) is 0 Å². The number of hydrazine groups is 1. The first-order valence-electron chi connectivity index (χ1n) is 5.73. The van der Waals surface area contributed by atoms with E-state index in [1.54, 1.807) is 0 Å². The maximum atomic E-state index is 9.45. The number of anilines is 2. The summed E-state index contributed by atoms with van der Waals surface area (Å²) < 4.78 is 0. The first kappa shape index (κ1) is 13.0. The highest BCUT2D eigenvalue weighted by atomic mass is 32.1. The highest BCUT2D eigenvalue weighted by Crippen LogP contribution is 2.28. The zero-order valence-corrected chi connectivity index (χ0v) is 11.2. The van der Waals surface area contributed by atoms with Crippen LogP contribution in [0.2, 0.25) is 0 Å². The first-order valence-corrected chi connectivity index (χ1v) is 6.61. The van der Waals surface area contributed by atoms with E-state index < -0.39 is 5.54 Å². The highest BCUT2D eigenvalue weighted by molar-refractivity contribution is 7.16. The van der Waals surface area contributed by atoms with E-state index in [0.717, 1.165) is 16.6 Å². The molecule has 2 aromatic rings. The molecule has 1 atom stereocenters. The highest BCUT2D eigenvalue weighted by Gasteiger charge is 2.22. The number of nitrogens with zero attached hydrogens (tertiary/aromatic N) is 2. The second-order valence-electron chi connectivity index (χ2n) is 4.38. The van der Waals surface area contributed by atoms with Gasteiger partial charge >= 0.3 is 0 Å². The van der Waals surface area contributed by atoms with Crippen molar-refractivity contribution in [2.45, 2.75) is 25.8 Å². The molecule has 0 aliphatic carbocycles. The topological polar surface area (TPSA) is 96.1 Å². The van der Waals surface area contributed by atoms with E-state index >= 15 is 0 Å². The summed E-state index contributed by atoms with van der Waals surface area (Å²) in [6, 6.07) is 1.95. The number of nitrogen functional groups attached to an aromatic ring is 1. The zero-order chi connectivity index (χ0) is 13.2. The van der Waals surface area contributed by atoms with Crippen LogP contribution < -0.4 is 16.6 Å². The Morgan fingerprint density at radius 1 is 1.50 bits per heavy atom. The van der Waals surface area contributed by atoms with Gasteiger partial charge in [-0.05, 0) is 24.8 Å². The predicted octanol–water partition coefficient (Wildman–Crippen LogP) is 1.55. The average molecular weight is 267 g/mol. The van der Waals surface area contributed by atoms with Gasteiger partial charge in [0.1, 0.15) is 10.6 Å². The molecule has 6 nitrogen and oxygen atoms in total. The summed E-state index contributed by atoms with van der Waals surface area (Å²) in [5, 5.41) is 15.6. The number of aliphatic hydroxyl groups is 1. The lowest BCUT2D eigenvalue weighted by Crippen LogP contribution is -2.38. The molecule has 0 aliphatic rings. The normalized spacial score (nSPS) is 14.4. The van der Waals surface area contributed by atoms with Gasteiger partial charge in [0.05, 0.1) is 17.5 Å². The molecular weight excluding hydrogens is 250 g/mol. The Kier molecular flexibility index (Phi) is 3.65. The van der Waals surface area contributed by atoms with Gasteiger partial charge in [-0.2, -0.15) is 4.98 Å². The molecule has 5 N–H and O–H groups in total. The van der Waals surface area contributed by atoms with Crippen LogP contribution in [0.15, 0.2) is 11.4 Å². The average Bonchev–Trinajstić information content (AvgIpc) is 2.86. The Morgan fingerprint density at radius 2 is 2.28 bits per heavy atom. The lowest BCUT2D eigenvalue weighted by molar-refractivity contribution is 0.218. The van der Waals surface area contributed by atoms with Crippen LogP contribution in [0.4, 0.5) is 11.8 Å². The van der Waals surface area contributed by atoms with Crippen molar-refractivity contribution in [1.29, 1.82) is 0 Å². The molecule has 2 rings (SSSR count). The smallest absolute Gasteiger partial charge is 0.240 e. The Morgan fingerprint density at radius 3 is 2.89 bits per heavy atom. The number of rotatable bonds is 5. The minimum absolute atomic E-state index is 0.0323. The molecule has 0 radical (unpaired) electrons. The monoisotopic (exact) mass is 267 g/mol. The van der Waals surface area contributed by atoms with Gasteiger partial charge in [0.2, 0.25) is 5.95 Å². The van der Waals surface area contributed by atoms with Crippen molar-refractivity contribution in [2.75, 3.05) is 17.3 Å². The van der Waals surface area contributed by atoms with E-state index in [0.29, 0.717) is 11.8 Å². The number of aromatic nitrogens is 2. The molecule has 0 saturated carbocycles. The van der Waals surface area contributed by atoms with Crippen LogP contribution in [0, 0.1) is 0 Å². The molecule has 98 valence electrons. The quantitative estimate of drug-likeness (QED) is 0.485. The Balaban J connectivity index is 2.45. The molecule has 0 bridgehead atoms. The molecule has 1 unspecified atom stereocenters. The molecule has 18 heavy (non-hydrogen) atoms. The number of thiophene rings is 1. The standard InChI is InChI=1S/C11H17N5OS/c1-3-11(2,6-17)15-8-7-4-5-18-9(7)14-10(13-8)16-12/h4-5,17H,3,6,12H2,1-2H3,(H2,13,14,15,16). The molecule has 0 spiro atoms. The summed E-state index contributed by atoms with van der Waals surface area (Å²) in [6.45, 7) is 3.99. The maximum Gasteiger partial charge on any atom is 0.240 e. The first-order chi connectivity index (χ1) is 8.61. The summed E-state index contributed by atoms with van der Waals surface area (Å²) in [7, 11) is 0. The number of hydrogen-bond donors (Lipinski definition) is 4. The summed E-state index contributed by atoms with van der Waals surface area (Å²) in [4.78, 5) is 9.43. The predicted molar refractivity (Wildman–Crippen MR) is 74.6 cm³/mol. The fraction of sp³-hybridized carbons (Fsp3) is 0.455. The summed E-state index contributed by atoms with van der Waals surface area (Å²) in [5.74, 6) is 6.41. The van der Waals surface area contributed by atoms with E-state index in [1.165, 1.54) is 11.3 Å². The molecule has 7 heteroatoms. The van der Waals surface area contributed by atoms with Crippen LogP contribution in [0.1, 0.15) is 20.3 Å². The Labute approximate surface area is 109 Å². The SMILES string of the molecule is CCC(C)(CO)Nc1nc(NN)nc2sccc12. The number of nitrogens with two attached hydrogens (primary N) is 1. The van der Waals surface area contributed by atoms with Gasteiger partial charge in [0.25, 0.3) is 0 Å². The van der Waals surface area contributed by atoms with Gasteiger partial charge in [-0.3, -0.25) is 5.43 Å². The van der Waals surface area contributed by atoms with E-state index in [4.69, 9.17) is 5.84 Å². The minimum Gasteiger partial charge on any atom is -0.394 e. The molecule has 0 aromatic carbocycles. The lowest BCUT2D eigenvalue weighted by atomic mass is 10.0. The van der Waals surface area contributed by atoms with E-state index in [-0.39, 0.29) is 6.61 Å². The summed E-state index contributed by atoms with van der Waals surface area (Å²) in [5.41, 5.74) is 2.05. The van der Waals surface area contributed by atoms with Crippen LogP contribution >= 0.6 is 11.3 Å². The third-order valence-electron chi connectivity index (χ3n) is 3.00. The van der Waals surface area contributed by atoms with Gasteiger partial charge < -0.3 is 10.4 Å². The van der Waals surface area contributed by atoms with Crippen molar-refractivity contribution >= 4 is 33.3 Å². The molecule has 2 aromatic heterocycles. The van der Waals surface area contributed by atoms with Crippen LogP contribution in [-0.4, -0.2) is 27.2 Å². The summed E-state index contributed by atoms with van der Waals surface area (Å²) in [6.07, 6.45) is 0.782. The zero-order valence-electron chi connectivity index (χ0n) is 10.4. The fourth-order valence-corrected chi connectivity index (χ4v) is 2.30. The number of fused-ring (bicyclic) bond motifs is 1. The third kappa shape index (κ3) is 2.38. The van der Waals surface area contributed by atoms with Crippen molar-refractivity contribution in [3.05, 3.63) is 11.4 Å². The number of aliphatic hydroxyl groups excluding tert-OH is 1. The Bertz CT molecular complexity index is 537. The number of hydrogen-bond acceptors (Lipinski definition) is 7. The molecule has 0 aliphatic heterocycles. The second-order valence-corrected chi connectivity index (χ2v) is 5.27. The van der Waals surface area contributed by atoms with E-state index in [2.05, 4.69) is 20.7 Å². The van der Waals surface area contributed by atoms with Gasteiger partial charge in [-0.25, -0.2) is 10.8 Å². The van der Waals surface area contributed by atoms with Crippen LogP contribution in [0.25, 0.3) is 10.2 Å². The molecule has 2 heterocycles.